The van der Waals surface area contributed by atoms with E-state index in [1.807, 2.05) is 6.92 Å². The first-order valence-corrected chi connectivity index (χ1v) is 7.92. The highest BCUT2D eigenvalue weighted by Crippen LogP contribution is 2.22. The molecular formula is C16H31NO2. The SMILES string of the molecule is CCCCCCCCC(C)CC1=NC(C)(CO)CO1. The van der Waals surface area contributed by atoms with Crippen LogP contribution in [0.25, 0.3) is 0 Å². The van der Waals surface area contributed by atoms with Crippen LogP contribution < -0.4 is 0 Å². The minimum atomic E-state index is -0.394. The molecule has 1 N–H and O–H groups in total. The van der Waals surface area contributed by atoms with Gasteiger partial charge in [0.25, 0.3) is 0 Å². The summed E-state index contributed by atoms with van der Waals surface area (Å²) < 4.78 is 5.58. The Balaban J connectivity index is 2.11. The molecule has 2 atom stereocenters. The second kappa shape index (κ2) is 8.57. The molecule has 2 unspecified atom stereocenters. The van der Waals surface area contributed by atoms with Crippen LogP contribution in [0.4, 0.5) is 0 Å². The number of aliphatic imine (C=N–C) groups is 1. The normalized spacial score (nSPS) is 24.1. The van der Waals surface area contributed by atoms with E-state index in [0.717, 1.165) is 12.3 Å². The first-order chi connectivity index (χ1) is 9.09. The fraction of sp³-hybridized carbons (Fsp3) is 0.938. The Bertz CT molecular complexity index is 278. The molecule has 0 aromatic rings. The van der Waals surface area contributed by atoms with E-state index in [1.54, 1.807) is 0 Å². The van der Waals surface area contributed by atoms with Crippen molar-refractivity contribution in [2.45, 2.75) is 77.7 Å². The fourth-order valence-electron chi connectivity index (χ4n) is 2.46. The molecule has 0 aliphatic carbocycles. The molecule has 19 heavy (non-hydrogen) atoms. The molecule has 0 bridgehead atoms. The molecule has 1 rings (SSSR count). The summed E-state index contributed by atoms with van der Waals surface area (Å²) in [5.74, 6) is 1.47. The number of nitrogens with zero attached hydrogens (tertiary/aromatic N) is 1. The van der Waals surface area contributed by atoms with Crippen LogP contribution in [0.3, 0.4) is 0 Å². The molecule has 1 heterocycles. The van der Waals surface area contributed by atoms with Crippen LogP contribution in [0.15, 0.2) is 4.99 Å². The van der Waals surface area contributed by atoms with Gasteiger partial charge in [-0.3, -0.25) is 0 Å². The van der Waals surface area contributed by atoms with Crippen molar-refractivity contribution >= 4 is 5.90 Å². The Morgan fingerprint density at radius 1 is 1.26 bits per heavy atom. The van der Waals surface area contributed by atoms with E-state index in [2.05, 4.69) is 18.8 Å². The quantitative estimate of drug-likeness (QED) is 0.610. The van der Waals surface area contributed by atoms with Crippen molar-refractivity contribution in [2.75, 3.05) is 13.2 Å². The van der Waals surface area contributed by atoms with Gasteiger partial charge < -0.3 is 9.84 Å². The van der Waals surface area contributed by atoms with Gasteiger partial charge >= 0.3 is 0 Å². The third kappa shape index (κ3) is 6.42. The van der Waals surface area contributed by atoms with Gasteiger partial charge in [0, 0.05) is 6.42 Å². The highest BCUT2D eigenvalue weighted by atomic mass is 16.5. The zero-order valence-corrected chi connectivity index (χ0v) is 13.0. The van der Waals surface area contributed by atoms with Gasteiger partial charge in [-0.15, -0.1) is 0 Å². The van der Waals surface area contributed by atoms with Gasteiger partial charge in [-0.2, -0.15) is 0 Å². The highest BCUT2D eigenvalue weighted by molar-refractivity contribution is 5.78. The average Bonchev–Trinajstić information content (AvgIpc) is 2.76. The van der Waals surface area contributed by atoms with Gasteiger partial charge in [-0.25, -0.2) is 4.99 Å². The van der Waals surface area contributed by atoms with Crippen LogP contribution in [-0.4, -0.2) is 29.8 Å². The van der Waals surface area contributed by atoms with Gasteiger partial charge in [0.15, 0.2) is 5.90 Å². The molecule has 112 valence electrons. The molecule has 0 amide bonds. The lowest BCUT2D eigenvalue weighted by atomic mass is 9.99. The van der Waals surface area contributed by atoms with Crippen LogP contribution in [-0.2, 0) is 4.74 Å². The first-order valence-electron chi connectivity index (χ1n) is 7.92. The maximum absolute atomic E-state index is 9.23. The van der Waals surface area contributed by atoms with Crippen LogP contribution in [0.5, 0.6) is 0 Å². The monoisotopic (exact) mass is 269 g/mol. The van der Waals surface area contributed by atoms with Crippen LogP contribution in [0.1, 0.15) is 72.1 Å². The second-order valence-corrected chi connectivity index (χ2v) is 6.32. The summed E-state index contributed by atoms with van der Waals surface area (Å²) in [6.45, 7) is 7.07. The molecule has 0 saturated heterocycles. The molecule has 3 nitrogen and oxygen atoms in total. The molecule has 3 heteroatoms. The summed E-state index contributed by atoms with van der Waals surface area (Å²) >= 11 is 0. The summed E-state index contributed by atoms with van der Waals surface area (Å²) in [5.41, 5.74) is -0.394. The maximum Gasteiger partial charge on any atom is 0.184 e. The van der Waals surface area contributed by atoms with E-state index < -0.39 is 5.54 Å². The van der Waals surface area contributed by atoms with Gasteiger partial charge in [0.1, 0.15) is 12.1 Å². The lowest BCUT2D eigenvalue weighted by molar-refractivity contribution is 0.168. The summed E-state index contributed by atoms with van der Waals surface area (Å²) in [5, 5.41) is 9.23. The van der Waals surface area contributed by atoms with Crippen molar-refractivity contribution < 1.29 is 9.84 Å². The topological polar surface area (TPSA) is 41.8 Å². The smallest absolute Gasteiger partial charge is 0.184 e. The van der Waals surface area contributed by atoms with E-state index in [4.69, 9.17) is 4.74 Å². The van der Waals surface area contributed by atoms with E-state index in [1.165, 1.54) is 44.9 Å². The molecule has 1 aliphatic rings. The molecule has 0 radical (unpaired) electrons. The molecule has 0 aromatic carbocycles. The minimum Gasteiger partial charge on any atom is -0.478 e. The van der Waals surface area contributed by atoms with Crippen molar-refractivity contribution in [1.82, 2.24) is 0 Å². The van der Waals surface area contributed by atoms with Crippen molar-refractivity contribution in [1.29, 1.82) is 0 Å². The third-order valence-electron chi connectivity index (χ3n) is 3.86. The van der Waals surface area contributed by atoms with Crippen LogP contribution >= 0.6 is 0 Å². The second-order valence-electron chi connectivity index (χ2n) is 6.32. The first kappa shape index (κ1) is 16.5. The lowest BCUT2D eigenvalue weighted by Crippen LogP contribution is -2.28. The molecule has 0 spiro atoms. The lowest BCUT2D eigenvalue weighted by Gasteiger charge is -2.12. The summed E-state index contributed by atoms with van der Waals surface area (Å²) in [6, 6.07) is 0. The zero-order valence-electron chi connectivity index (χ0n) is 13.0. The Hall–Kier alpha value is -0.570. The van der Waals surface area contributed by atoms with E-state index >= 15 is 0 Å². The molecule has 0 aromatic heterocycles. The van der Waals surface area contributed by atoms with E-state index in [0.29, 0.717) is 12.5 Å². The molecular weight excluding hydrogens is 238 g/mol. The number of unbranched alkanes of at least 4 members (excludes halogenated alkanes) is 5. The van der Waals surface area contributed by atoms with Crippen molar-refractivity contribution in [3.05, 3.63) is 0 Å². The summed E-state index contributed by atoms with van der Waals surface area (Å²) in [7, 11) is 0. The summed E-state index contributed by atoms with van der Waals surface area (Å²) in [6.07, 6.45) is 10.3. The number of rotatable bonds is 10. The fourth-order valence-corrected chi connectivity index (χ4v) is 2.46. The number of aliphatic hydroxyl groups is 1. The number of aliphatic hydroxyl groups excluding tert-OH is 1. The Kier molecular flexibility index (Phi) is 7.44. The molecule has 1 aliphatic heterocycles. The van der Waals surface area contributed by atoms with Crippen molar-refractivity contribution in [3.8, 4) is 0 Å². The maximum atomic E-state index is 9.23. The van der Waals surface area contributed by atoms with Crippen LogP contribution in [0, 0.1) is 5.92 Å². The number of ether oxygens (including phenoxy) is 1. The van der Waals surface area contributed by atoms with Crippen molar-refractivity contribution in [2.24, 2.45) is 10.9 Å². The van der Waals surface area contributed by atoms with E-state index in [-0.39, 0.29) is 6.61 Å². The Labute approximate surface area is 118 Å². The van der Waals surface area contributed by atoms with E-state index in [9.17, 15) is 5.11 Å². The Morgan fingerprint density at radius 3 is 2.58 bits per heavy atom. The number of hydrogen-bond donors (Lipinski definition) is 1. The summed E-state index contributed by atoms with van der Waals surface area (Å²) in [4.78, 5) is 4.49. The largest absolute Gasteiger partial charge is 0.478 e. The molecule has 0 fully saturated rings. The van der Waals surface area contributed by atoms with Crippen molar-refractivity contribution in [3.63, 3.8) is 0 Å². The van der Waals surface area contributed by atoms with Gasteiger partial charge in [0.2, 0.25) is 0 Å². The van der Waals surface area contributed by atoms with Gasteiger partial charge in [-0.05, 0) is 12.8 Å². The molecule has 0 saturated carbocycles. The van der Waals surface area contributed by atoms with Crippen LogP contribution in [0.2, 0.25) is 0 Å². The predicted octanol–water partition coefficient (Wildman–Crippen LogP) is 3.94. The average molecular weight is 269 g/mol. The zero-order chi connectivity index (χ0) is 14.1. The standard InChI is InChI=1S/C16H31NO2/c1-4-5-6-7-8-9-10-14(2)11-15-17-16(3,12-18)13-19-15/h14,18H,4-13H2,1-3H3. The predicted molar refractivity (Wildman–Crippen MR) is 80.7 cm³/mol. The minimum absolute atomic E-state index is 0.0717. The highest BCUT2D eigenvalue weighted by Gasteiger charge is 2.31. The number of hydrogen-bond acceptors (Lipinski definition) is 3. The van der Waals surface area contributed by atoms with Gasteiger partial charge in [-0.1, -0.05) is 58.8 Å². The third-order valence-corrected chi connectivity index (χ3v) is 3.86. The Morgan fingerprint density at radius 2 is 1.95 bits per heavy atom. The van der Waals surface area contributed by atoms with Gasteiger partial charge in [0.05, 0.1) is 6.61 Å².